The molecule has 0 aliphatic rings. The van der Waals surface area contributed by atoms with Crippen LogP contribution in [0.25, 0.3) is 22.0 Å². The Kier molecular flexibility index (Phi) is 3.95. The molecule has 0 aliphatic heterocycles. The number of carbonyl (C=O) groups is 1. The number of halogens is 1. The summed E-state index contributed by atoms with van der Waals surface area (Å²) >= 11 is 6.15. The lowest BCUT2D eigenvalue weighted by molar-refractivity contribution is -0.255. The lowest BCUT2D eigenvalue weighted by atomic mass is 10.1. The van der Waals surface area contributed by atoms with Crippen LogP contribution in [0.3, 0.4) is 0 Å². The number of rotatable bonds is 3. The highest BCUT2D eigenvalue weighted by Crippen LogP contribution is 2.21. The first kappa shape index (κ1) is 15.0. The number of carbonyl (C=O) groups excluding carboxylic acids is 1. The van der Waals surface area contributed by atoms with Crippen LogP contribution in [-0.4, -0.2) is 11.0 Å². The van der Waals surface area contributed by atoms with Crippen LogP contribution in [0.15, 0.2) is 57.7 Å². The van der Waals surface area contributed by atoms with Gasteiger partial charge in [-0.25, -0.2) is 9.78 Å². The van der Waals surface area contributed by atoms with Gasteiger partial charge in [0, 0.05) is 0 Å². The van der Waals surface area contributed by atoms with Crippen molar-refractivity contribution in [2.45, 2.75) is 0 Å². The molecule has 1 aromatic heterocycles. The Balaban J connectivity index is 2.00. The number of aromatic nitrogens is 1. The minimum Gasteiger partial charge on any atom is -0.545 e. The molecule has 0 amide bonds. The highest BCUT2D eigenvalue weighted by atomic mass is 35.5. The monoisotopic (exact) mass is 326 g/mol. The molecule has 3 rings (SSSR count). The van der Waals surface area contributed by atoms with E-state index in [1.165, 1.54) is 18.2 Å². The maximum atomic E-state index is 11.9. The molecule has 0 N–H and O–H groups in total. The van der Waals surface area contributed by atoms with Crippen molar-refractivity contribution < 1.29 is 14.3 Å². The second-order valence-corrected chi connectivity index (χ2v) is 5.13. The summed E-state index contributed by atoms with van der Waals surface area (Å²) in [6.45, 7) is 0. The standard InChI is InChI=1S/C17H10ClNO4/c18-13(9-10-5-7-11(8-6-10)16(20)21)15-19-14-4-2-1-3-12(14)17(22)23-15/h1-9H,(H,20,21)/p-1/b13-9-. The Morgan fingerprint density at radius 2 is 1.83 bits per heavy atom. The number of carboxylic acid groups (broad SMARTS) is 1. The molecular formula is C17H9ClNO4-. The zero-order chi connectivity index (χ0) is 16.4. The van der Waals surface area contributed by atoms with Crippen molar-refractivity contribution in [3.63, 3.8) is 0 Å². The first-order chi connectivity index (χ1) is 11.0. The number of nitrogens with zero attached hydrogens (tertiary/aromatic N) is 1. The summed E-state index contributed by atoms with van der Waals surface area (Å²) in [5, 5.41) is 11.2. The quantitative estimate of drug-likeness (QED) is 0.737. The summed E-state index contributed by atoms with van der Waals surface area (Å²) in [7, 11) is 0. The van der Waals surface area contributed by atoms with Crippen LogP contribution >= 0.6 is 11.6 Å². The fraction of sp³-hybridized carbons (Fsp3) is 0. The van der Waals surface area contributed by atoms with Crippen molar-refractivity contribution in [1.29, 1.82) is 0 Å². The molecule has 0 atom stereocenters. The molecule has 3 aromatic rings. The Morgan fingerprint density at radius 1 is 1.13 bits per heavy atom. The molecule has 0 unspecified atom stereocenters. The fourth-order valence-corrected chi connectivity index (χ4v) is 2.25. The van der Waals surface area contributed by atoms with Gasteiger partial charge >= 0.3 is 5.63 Å². The van der Waals surface area contributed by atoms with E-state index in [0.29, 0.717) is 16.5 Å². The number of benzene rings is 2. The van der Waals surface area contributed by atoms with Crippen molar-refractivity contribution in [1.82, 2.24) is 4.98 Å². The third kappa shape index (κ3) is 3.14. The molecule has 0 aliphatic carbocycles. The minimum absolute atomic E-state index is 0.000607. The van der Waals surface area contributed by atoms with Crippen molar-refractivity contribution in [3.05, 3.63) is 76.0 Å². The molecule has 1 heterocycles. The Labute approximate surface area is 135 Å². The van der Waals surface area contributed by atoms with Crippen molar-refractivity contribution >= 4 is 39.6 Å². The van der Waals surface area contributed by atoms with Gasteiger partial charge < -0.3 is 14.3 Å². The molecule has 0 fully saturated rings. The van der Waals surface area contributed by atoms with Crippen LogP contribution in [0, 0.1) is 0 Å². The van der Waals surface area contributed by atoms with Crippen molar-refractivity contribution in [2.24, 2.45) is 0 Å². The lowest BCUT2D eigenvalue weighted by Crippen LogP contribution is -2.21. The van der Waals surface area contributed by atoms with Gasteiger partial charge in [-0.15, -0.1) is 0 Å². The fourth-order valence-electron chi connectivity index (χ4n) is 2.04. The zero-order valence-electron chi connectivity index (χ0n) is 11.7. The van der Waals surface area contributed by atoms with E-state index in [1.807, 2.05) is 0 Å². The Morgan fingerprint density at radius 3 is 2.52 bits per heavy atom. The molecule has 6 heteroatoms. The van der Waals surface area contributed by atoms with Crippen LogP contribution in [0.1, 0.15) is 21.8 Å². The maximum Gasteiger partial charge on any atom is 0.347 e. The van der Waals surface area contributed by atoms with E-state index in [9.17, 15) is 14.7 Å². The van der Waals surface area contributed by atoms with Gasteiger partial charge in [-0.05, 0) is 29.3 Å². The van der Waals surface area contributed by atoms with Crippen LogP contribution in [0.5, 0.6) is 0 Å². The summed E-state index contributed by atoms with van der Waals surface area (Å²) in [6.07, 6.45) is 1.53. The first-order valence-corrected chi connectivity index (χ1v) is 7.01. The third-order valence-corrected chi connectivity index (χ3v) is 3.45. The molecule has 0 saturated carbocycles. The van der Waals surface area contributed by atoms with E-state index in [4.69, 9.17) is 16.0 Å². The third-order valence-electron chi connectivity index (χ3n) is 3.18. The summed E-state index contributed by atoms with van der Waals surface area (Å²) < 4.78 is 5.12. The molecule has 0 saturated heterocycles. The number of aromatic carboxylic acids is 1. The largest absolute Gasteiger partial charge is 0.545 e. The average Bonchev–Trinajstić information content (AvgIpc) is 2.55. The van der Waals surface area contributed by atoms with Gasteiger partial charge in [-0.1, -0.05) is 48.0 Å². The highest BCUT2D eigenvalue weighted by molar-refractivity contribution is 6.50. The van der Waals surface area contributed by atoms with Crippen LogP contribution < -0.4 is 10.7 Å². The summed E-state index contributed by atoms with van der Waals surface area (Å²) in [5.74, 6) is -1.26. The van der Waals surface area contributed by atoms with Gasteiger partial charge in [0.05, 0.1) is 16.9 Å². The molecule has 5 nitrogen and oxygen atoms in total. The van der Waals surface area contributed by atoms with Crippen LogP contribution in [-0.2, 0) is 0 Å². The van der Waals surface area contributed by atoms with Gasteiger partial charge in [0.1, 0.15) is 5.03 Å². The van der Waals surface area contributed by atoms with E-state index in [1.54, 1.807) is 36.4 Å². The highest BCUT2D eigenvalue weighted by Gasteiger charge is 2.09. The smallest absolute Gasteiger partial charge is 0.347 e. The van der Waals surface area contributed by atoms with Gasteiger partial charge in [-0.3, -0.25) is 0 Å². The van der Waals surface area contributed by atoms with Crippen molar-refractivity contribution in [3.8, 4) is 0 Å². The van der Waals surface area contributed by atoms with Crippen LogP contribution in [0.2, 0.25) is 0 Å². The first-order valence-electron chi connectivity index (χ1n) is 6.63. The minimum atomic E-state index is -1.26. The molecule has 2 aromatic carbocycles. The van der Waals surface area contributed by atoms with E-state index < -0.39 is 11.6 Å². The van der Waals surface area contributed by atoms with E-state index in [2.05, 4.69) is 4.98 Å². The second-order valence-electron chi connectivity index (χ2n) is 4.73. The summed E-state index contributed by atoms with van der Waals surface area (Å²) in [4.78, 5) is 26.8. The second kappa shape index (κ2) is 6.06. The molecule has 0 bridgehead atoms. The van der Waals surface area contributed by atoms with Crippen LogP contribution in [0.4, 0.5) is 0 Å². The molecular weight excluding hydrogens is 318 g/mol. The SMILES string of the molecule is O=C([O-])c1ccc(/C=C(\Cl)c2nc3ccccc3c(=O)o2)cc1. The number of para-hydroxylation sites is 1. The molecule has 0 radical (unpaired) electrons. The predicted molar refractivity (Wildman–Crippen MR) is 84.8 cm³/mol. The molecule has 23 heavy (non-hydrogen) atoms. The zero-order valence-corrected chi connectivity index (χ0v) is 12.4. The lowest BCUT2D eigenvalue weighted by Gasteiger charge is -2.03. The number of fused-ring (bicyclic) bond motifs is 1. The van der Waals surface area contributed by atoms with Gasteiger partial charge in [-0.2, -0.15) is 0 Å². The molecule has 0 spiro atoms. The number of hydrogen-bond acceptors (Lipinski definition) is 5. The number of hydrogen-bond donors (Lipinski definition) is 0. The Bertz CT molecular complexity index is 974. The predicted octanol–water partition coefficient (Wildman–Crippen LogP) is 2.29. The topological polar surface area (TPSA) is 83.2 Å². The summed E-state index contributed by atoms with van der Waals surface area (Å²) in [5.41, 5.74) is 0.660. The number of carboxylic acids is 1. The maximum absolute atomic E-state index is 11.9. The average molecular weight is 327 g/mol. The normalized spacial score (nSPS) is 11.6. The molecule has 114 valence electrons. The Hall–Kier alpha value is -2.92. The van der Waals surface area contributed by atoms with E-state index in [0.717, 1.165) is 0 Å². The summed E-state index contributed by atoms with van der Waals surface area (Å²) in [6, 6.07) is 12.7. The van der Waals surface area contributed by atoms with E-state index >= 15 is 0 Å². The van der Waals surface area contributed by atoms with Gasteiger partial charge in [0.25, 0.3) is 0 Å². The van der Waals surface area contributed by atoms with Gasteiger partial charge in [0.2, 0.25) is 5.89 Å². The van der Waals surface area contributed by atoms with Crippen molar-refractivity contribution in [2.75, 3.05) is 0 Å². The van der Waals surface area contributed by atoms with Gasteiger partial charge in [0.15, 0.2) is 0 Å². The van der Waals surface area contributed by atoms with E-state index in [-0.39, 0.29) is 16.5 Å².